The van der Waals surface area contributed by atoms with E-state index in [2.05, 4.69) is 27.7 Å². The molecule has 0 aliphatic rings. The fourth-order valence-corrected chi connectivity index (χ4v) is 5.48. The molecule has 0 spiro atoms. The zero-order valence-corrected chi connectivity index (χ0v) is 26.3. The maximum atomic E-state index is 14.4. The van der Waals surface area contributed by atoms with E-state index in [-0.39, 0.29) is 22.1 Å². The van der Waals surface area contributed by atoms with Crippen molar-refractivity contribution < 1.29 is 23.7 Å². The summed E-state index contributed by atoms with van der Waals surface area (Å²) in [6.07, 6.45) is 2.82. The molecule has 1 aromatic heterocycles. The molecule has 4 aromatic carbocycles. The van der Waals surface area contributed by atoms with Gasteiger partial charge in [0.05, 0.1) is 12.5 Å². The molecule has 0 saturated heterocycles. The van der Waals surface area contributed by atoms with Crippen molar-refractivity contribution >= 4 is 21.9 Å². The maximum absolute atomic E-state index is 14.4. The second kappa shape index (κ2) is 13.9. The molecule has 0 bridgehead atoms. The Morgan fingerprint density at radius 1 is 0.705 bits per heavy atom. The van der Waals surface area contributed by atoms with Crippen LogP contribution in [0.15, 0.2) is 82.0 Å². The van der Waals surface area contributed by atoms with E-state index in [1.165, 1.54) is 0 Å². The predicted molar refractivity (Wildman–Crippen MR) is 176 cm³/mol. The molecule has 0 unspecified atom stereocenters. The Morgan fingerprint density at radius 2 is 1.20 bits per heavy atom. The van der Waals surface area contributed by atoms with Crippen LogP contribution >= 0.6 is 0 Å². The number of hydrogen-bond acceptors (Lipinski definition) is 6. The van der Waals surface area contributed by atoms with Gasteiger partial charge in [-0.05, 0) is 48.6 Å². The number of fused-ring (bicyclic) bond motifs is 2. The minimum atomic E-state index is -0.286. The standard InChI is InChI=1S/C38H42O6/c1-24(2)16-18-28-30(42-22-26-12-8-6-9-13-26)20-32-35(36(28)39)37(40)34-29(19-17-25(3)4)38(41-5)33(21-31(34)44-32)43-23-27-14-10-7-11-15-27/h6-15,20-21,24-25,39H,16-19,22-23H2,1-5H3. The summed E-state index contributed by atoms with van der Waals surface area (Å²) < 4.78 is 24.9. The van der Waals surface area contributed by atoms with Crippen molar-refractivity contribution in [3.63, 3.8) is 0 Å². The van der Waals surface area contributed by atoms with Gasteiger partial charge in [-0.1, -0.05) is 88.4 Å². The second-order valence-corrected chi connectivity index (χ2v) is 12.2. The molecule has 0 fully saturated rings. The van der Waals surface area contributed by atoms with Crippen LogP contribution in [0.25, 0.3) is 21.9 Å². The number of hydrogen-bond donors (Lipinski definition) is 1. The number of phenolic OH excluding ortho intramolecular Hbond substituents is 1. The SMILES string of the molecule is COc1c(OCc2ccccc2)cc2oc3cc(OCc4ccccc4)c(CCC(C)C)c(O)c3c(=O)c2c1CCC(C)C. The molecule has 0 amide bonds. The Labute approximate surface area is 259 Å². The zero-order chi connectivity index (χ0) is 31.2. The van der Waals surface area contributed by atoms with Crippen molar-refractivity contribution in [1.29, 1.82) is 0 Å². The third-order valence-corrected chi connectivity index (χ3v) is 7.93. The van der Waals surface area contributed by atoms with Crippen LogP contribution in [0, 0.1) is 11.8 Å². The summed E-state index contributed by atoms with van der Waals surface area (Å²) in [5.41, 5.74) is 3.73. The van der Waals surface area contributed by atoms with E-state index in [9.17, 15) is 9.90 Å². The summed E-state index contributed by atoms with van der Waals surface area (Å²) in [6.45, 7) is 9.22. The number of aryl methyl sites for hydroxylation is 1. The van der Waals surface area contributed by atoms with Gasteiger partial charge in [-0.15, -0.1) is 0 Å². The van der Waals surface area contributed by atoms with E-state index in [1.807, 2.05) is 60.7 Å². The Bertz CT molecular complexity index is 1770. The molecule has 6 heteroatoms. The van der Waals surface area contributed by atoms with Gasteiger partial charge in [0.1, 0.15) is 41.3 Å². The van der Waals surface area contributed by atoms with Gasteiger partial charge in [0, 0.05) is 23.3 Å². The molecule has 230 valence electrons. The van der Waals surface area contributed by atoms with Crippen molar-refractivity contribution in [3.05, 3.63) is 105 Å². The van der Waals surface area contributed by atoms with Crippen molar-refractivity contribution in [1.82, 2.24) is 0 Å². The van der Waals surface area contributed by atoms with E-state index < -0.39 is 0 Å². The maximum Gasteiger partial charge on any atom is 0.204 e. The van der Waals surface area contributed by atoms with Gasteiger partial charge in [0.2, 0.25) is 5.43 Å². The van der Waals surface area contributed by atoms with Crippen LogP contribution in [0.4, 0.5) is 0 Å². The highest BCUT2D eigenvalue weighted by molar-refractivity contribution is 5.97. The smallest absolute Gasteiger partial charge is 0.204 e. The van der Waals surface area contributed by atoms with Crippen LogP contribution in [0.5, 0.6) is 23.0 Å². The normalized spacial score (nSPS) is 11.5. The van der Waals surface area contributed by atoms with Crippen molar-refractivity contribution in [3.8, 4) is 23.0 Å². The summed E-state index contributed by atoms with van der Waals surface area (Å²) in [7, 11) is 1.59. The second-order valence-electron chi connectivity index (χ2n) is 12.2. The molecular weight excluding hydrogens is 552 g/mol. The number of phenols is 1. The molecule has 5 aromatic rings. The average molecular weight is 595 g/mol. The number of ether oxygens (including phenoxy) is 3. The van der Waals surface area contributed by atoms with Crippen LogP contribution in [0.2, 0.25) is 0 Å². The van der Waals surface area contributed by atoms with Crippen molar-refractivity contribution in [2.75, 3.05) is 7.11 Å². The van der Waals surface area contributed by atoms with Gasteiger partial charge >= 0.3 is 0 Å². The van der Waals surface area contributed by atoms with Crippen molar-refractivity contribution in [2.24, 2.45) is 11.8 Å². The molecule has 0 aliphatic heterocycles. The third kappa shape index (κ3) is 6.85. The lowest BCUT2D eigenvalue weighted by Crippen LogP contribution is -2.11. The largest absolute Gasteiger partial charge is 0.507 e. The number of rotatable bonds is 13. The van der Waals surface area contributed by atoms with E-state index in [0.29, 0.717) is 71.7 Å². The first-order valence-corrected chi connectivity index (χ1v) is 15.5. The summed E-state index contributed by atoms with van der Waals surface area (Å²) in [4.78, 5) is 14.4. The first-order valence-electron chi connectivity index (χ1n) is 15.5. The van der Waals surface area contributed by atoms with Crippen LogP contribution in [0.3, 0.4) is 0 Å². The lowest BCUT2D eigenvalue weighted by Gasteiger charge is -2.19. The molecular formula is C38H42O6. The van der Waals surface area contributed by atoms with E-state index in [4.69, 9.17) is 18.6 Å². The molecule has 0 atom stereocenters. The number of aromatic hydroxyl groups is 1. The van der Waals surface area contributed by atoms with Gasteiger partial charge in [-0.3, -0.25) is 4.79 Å². The lowest BCUT2D eigenvalue weighted by atomic mass is 9.95. The quantitative estimate of drug-likeness (QED) is 0.137. The van der Waals surface area contributed by atoms with Gasteiger partial charge in [-0.25, -0.2) is 0 Å². The van der Waals surface area contributed by atoms with E-state index in [1.54, 1.807) is 19.2 Å². The van der Waals surface area contributed by atoms with Gasteiger partial charge in [-0.2, -0.15) is 0 Å². The van der Waals surface area contributed by atoms with Gasteiger partial charge < -0.3 is 23.7 Å². The first-order chi connectivity index (χ1) is 21.3. The van der Waals surface area contributed by atoms with Crippen molar-refractivity contribution in [2.45, 2.75) is 66.6 Å². The minimum Gasteiger partial charge on any atom is -0.507 e. The van der Waals surface area contributed by atoms with Crippen LogP contribution < -0.4 is 19.6 Å². The van der Waals surface area contributed by atoms with Crippen LogP contribution in [-0.2, 0) is 26.1 Å². The molecule has 6 nitrogen and oxygen atoms in total. The highest BCUT2D eigenvalue weighted by atomic mass is 16.5. The highest BCUT2D eigenvalue weighted by Crippen LogP contribution is 2.42. The molecule has 0 saturated carbocycles. The minimum absolute atomic E-state index is 0.0833. The lowest BCUT2D eigenvalue weighted by molar-refractivity contribution is 0.283. The van der Waals surface area contributed by atoms with Crippen LogP contribution in [-0.4, -0.2) is 12.2 Å². The Balaban J connectivity index is 1.69. The topological polar surface area (TPSA) is 78.1 Å². The molecule has 5 rings (SSSR count). The monoisotopic (exact) mass is 594 g/mol. The summed E-state index contributed by atoms with van der Waals surface area (Å²) in [5.74, 6) is 2.25. The number of benzene rings is 4. The summed E-state index contributed by atoms with van der Waals surface area (Å²) in [6, 6.07) is 23.2. The zero-order valence-electron chi connectivity index (χ0n) is 26.3. The predicted octanol–water partition coefficient (Wildman–Crippen LogP) is 9.00. The summed E-state index contributed by atoms with van der Waals surface area (Å²) in [5, 5.41) is 12.3. The number of methoxy groups -OCH3 is 1. The van der Waals surface area contributed by atoms with Gasteiger partial charge in [0.25, 0.3) is 0 Å². The average Bonchev–Trinajstić information content (AvgIpc) is 3.01. The summed E-state index contributed by atoms with van der Waals surface area (Å²) >= 11 is 0. The first kappa shape index (κ1) is 31.0. The Hall–Kier alpha value is -4.45. The molecule has 0 radical (unpaired) electrons. The van der Waals surface area contributed by atoms with Gasteiger partial charge in [0.15, 0.2) is 11.5 Å². The molecule has 0 aliphatic carbocycles. The molecule has 1 heterocycles. The van der Waals surface area contributed by atoms with E-state index >= 15 is 0 Å². The fourth-order valence-electron chi connectivity index (χ4n) is 5.48. The Kier molecular flexibility index (Phi) is 9.78. The van der Waals surface area contributed by atoms with E-state index in [0.717, 1.165) is 29.5 Å². The molecule has 44 heavy (non-hydrogen) atoms. The third-order valence-electron chi connectivity index (χ3n) is 7.93. The fraction of sp³-hybridized carbons (Fsp3) is 0.342. The molecule has 1 N–H and O–H groups in total. The van der Waals surface area contributed by atoms with Crippen LogP contribution in [0.1, 0.15) is 62.8 Å². The highest BCUT2D eigenvalue weighted by Gasteiger charge is 2.25. The Morgan fingerprint density at radius 3 is 1.75 bits per heavy atom.